The third kappa shape index (κ3) is 2.07. The minimum atomic E-state index is -0.193. The summed E-state index contributed by atoms with van der Waals surface area (Å²) in [5.74, 6) is 0.287. The first-order valence-electron chi connectivity index (χ1n) is 7.10. The maximum atomic E-state index is 12.5. The van der Waals surface area contributed by atoms with E-state index in [4.69, 9.17) is 0 Å². The van der Waals surface area contributed by atoms with Crippen LogP contribution in [0.15, 0.2) is 18.2 Å². The van der Waals surface area contributed by atoms with Crippen LogP contribution in [0, 0.1) is 6.92 Å². The summed E-state index contributed by atoms with van der Waals surface area (Å²) < 4.78 is 0. The summed E-state index contributed by atoms with van der Waals surface area (Å²) in [6.07, 6.45) is 4.59. The number of Topliss-reactive ketones (excluding diaryl/α,β-unsaturated/α-hetero) is 1. The highest BCUT2D eigenvalue weighted by molar-refractivity contribution is 6.01. The van der Waals surface area contributed by atoms with Crippen molar-refractivity contribution in [2.24, 2.45) is 0 Å². The number of ketones is 1. The fourth-order valence-electron chi connectivity index (χ4n) is 3.23. The molecule has 19 heavy (non-hydrogen) atoms. The van der Waals surface area contributed by atoms with Crippen molar-refractivity contribution in [3.63, 3.8) is 0 Å². The monoisotopic (exact) mass is 257 g/mol. The largest absolute Gasteiger partial charge is 0.324 e. The summed E-state index contributed by atoms with van der Waals surface area (Å²) in [7, 11) is 0. The molecule has 3 rings (SSSR count). The van der Waals surface area contributed by atoms with Crippen molar-refractivity contribution in [3.05, 3.63) is 34.9 Å². The molecular formula is C16H19NO2. The van der Waals surface area contributed by atoms with Crippen molar-refractivity contribution in [3.8, 4) is 0 Å². The average molecular weight is 257 g/mol. The van der Waals surface area contributed by atoms with Gasteiger partial charge in [0, 0.05) is 18.5 Å². The van der Waals surface area contributed by atoms with Gasteiger partial charge in [-0.25, -0.2) is 0 Å². The van der Waals surface area contributed by atoms with Crippen LogP contribution in [-0.2, 0) is 11.3 Å². The van der Waals surface area contributed by atoms with Crippen molar-refractivity contribution in [1.82, 2.24) is 4.90 Å². The first-order valence-corrected chi connectivity index (χ1v) is 7.10. The van der Waals surface area contributed by atoms with Crippen LogP contribution in [0.4, 0.5) is 0 Å². The van der Waals surface area contributed by atoms with Gasteiger partial charge in [-0.3, -0.25) is 9.59 Å². The third-order valence-electron chi connectivity index (χ3n) is 4.38. The molecule has 2 aliphatic rings. The molecule has 3 heteroatoms. The Bertz CT molecular complexity index is 536. The SMILES string of the molecule is Cc1cccc2c1CN([C@H]1CCCCCC1=O)C2=O. The Balaban J connectivity index is 1.90. The van der Waals surface area contributed by atoms with Gasteiger partial charge in [0.25, 0.3) is 5.91 Å². The molecule has 100 valence electrons. The molecule has 1 amide bonds. The van der Waals surface area contributed by atoms with Gasteiger partial charge >= 0.3 is 0 Å². The number of carbonyl (C=O) groups excluding carboxylic acids is 2. The molecule has 1 atom stereocenters. The van der Waals surface area contributed by atoms with E-state index in [9.17, 15) is 9.59 Å². The highest BCUT2D eigenvalue weighted by Crippen LogP contribution is 2.30. The zero-order valence-corrected chi connectivity index (χ0v) is 11.3. The maximum absolute atomic E-state index is 12.5. The second-order valence-electron chi connectivity index (χ2n) is 5.62. The molecule has 0 aromatic heterocycles. The van der Waals surface area contributed by atoms with Crippen molar-refractivity contribution in [1.29, 1.82) is 0 Å². The van der Waals surface area contributed by atoms with Gasteiger partial charge in [-0.15, -0.1) is 0 Å². The van der Waals surface area contributed by atoms with Crippen LogP contribution in [0.2, 0.25) is 0 Å². The van der Waals surface area contributed by atoms with E-state index < -0.39 is 0 Å². The summed E-state index contributed by atoms with van der Waals surface area (Å²) in [5.41, 5.74) is 3.04. The average Bonchev–Trinajstić information content (AvgIpc) is 2.59. The Labute approximate surface area is 113 Å². The van der Waals surface area contributed by atoms with Gasteiger partial charge < -0.3 is 4.90 Å². The minimum absolute atomic E-state index is 0.0407. The first-order chi connectivity index (χ1) is 9.18. The van der Waals surface area contributed by atoms with E-state index in [0.717, 1.165) is 42.4 Å². The molecule has 1 aromatic carbocycles. The van der Waals surface area contributed by atoms with Crippen LogP contribution in [0.1, 0.15) is 53.6 Å². The van der Waals surface area contributed by atoms with Crippen molar-refractivity contribution >= 4 is 11.7 Å². The summed E-state index contributed by atoms with van der Waals surface area (Å²) >= 11 is 0. The highest BCUT2D eigenvalue weighted by Gasteiger charge is 2.36. The van der Waals surface area contributed by atoms with Gasteiger partial charge in [0.15, 0.2) is 5.78 Å². The van der Waals surface area contributed by atoms with E-state index in [1.54, 1.807) is 4.90 Å². The van der Waals surface area contributed by atoms with Crippen LogP contribution in [0.5, 0.6) is 0 Å². The topological polar surface area (TPSA) is 37.4 Å². The number of amides is 1. The van der Waals surface area contributed by atoms with Gasteiger partial charge in [0.05, 0.1) is 6.04 Å². The number of benzene rings is 1. The minimum Gasteiger partial charge on any atom is -0.324 e. The van der Waals surface area contributed by atoms with Crippen molar-refractivity contribution in [2.45, 2.75) is 51.6 Å². The molecular weight excluding hydrogens is 238 g/mol. The van der Waals surface area contributed by atoms with Gasteiger partial charge in [-0.1, -0.05) is 25.0 Å². The molecule has 3 nitrogen and oxygen atoms in total. The summed E-state index contributed by atoms with van der Waals surface area (Å²) in [4.78, 5) is 26.5. The lowest BCUT2D eigenvalue weighted by Crippen LogP contribution is -2.40. The van der Waals surface area contributed by atoms with Gasteiger partial charge in [-0.05, 0) is 37.0 Å². The Morgan fingerprint density at radius 1 is 1.16 bits per heavy atom. The molecule has 1 saturated carbocycles. The number of rotatable bonds is 1. The van der Waals surface area contributed by atoms with E-state index in [0.29, 0.717) is 13.0 Å². The molecule has 0 spiro atoms. The van der Waals surface area contributed by atoms with Gasteiger partial charge in [0.2, 0.25) is 0 Å². The molecule has 1 aromatic rings. The smallest absolute Gasteiger partial charge is 0.255 e. The summed E-state index contributed by atoms with van der Waals surface area (Å²) in [6, 6.07) is 5.64. The normalized spacial score (nSPS) is 23.4. The number of hydrogen-bond acceptors (Lipinski definition) is 2. The fraction of sp³-hybridized carbons (Fsp3) is 0.500. The third-order valence-corrected chi connectivity index (χ3v) is 4.38. The van der Waals surface area contributed by atoms with Gasteiger partial charge in [0.1, 0.15) is 0 Å². The highest BCUT2D eigenvalue weighted by atomic mass is 16.2. The van der Waals surface area contributed by atoms with Crippen LogP contribution in [0.3, 0.4) is 0 Å². The maximum Gasteiger partial charge on any atom is 0.255 e. The van der Waals surface area contributed by atoms with E-state index in [2.05, 4.69) is 0 Å². The molecule has 1 aliphatic heterocycles. The van der Waals surface area contributed by atoms with E-state index >= 15 is 0 Å². The molecule has 0 unspecified atom stereocenters. The van der Waals surface area contributed by atoms with Crippen LogP contribution in [-0.4, -0.2) is 22.6 Å². The zero-order valence-electron chi connectivity index (χ0n) is 11.3. The number of fused-ring (bicyclic) bond motifs is 1. The predicted octanol–water partition coefficient (Wildman–Crippen LogP) is 2.85. The second-order valence-corrected chi connectivity index (χ2v) is 5.62. The molecule has 0 radical (unpaired) electrons. The van der Waals surface area contributed by atoms with Crippen molar-refractivity contribution in [2.75, 3.05) is 0 Å². The Morgan fingerprint density at radius 2 is 2.00 bits per heavy atom. The van der Waals surface area contributed by atoms with E-state index in [1.807, 2.05) is 25.1 Å². The number of carbonyl (C=O) groups is 2. The van der Waals surface area contributed by atoms with E-state index in [1.165, 1.54) is 0 Å². The second kappa shape index (κ2) is 4.80. The summed E-state index contributed by atoms with van der Waals surface area (Å²) in [5, 5.41) is 0. The van der Waals surface area contributed by atoms with Crippen LogP contribution >= 0.6 is 0 Å². The molecule has 0 N–H and O–H groups in total. The Kier molecular flexibility index (Phi) is 3.13. The standard InChI is InChI=1S/C16H19NO2/c1-11-6-5-7-12-13(11)10-17(16(12)19)14-8-3-2-4-9-15(14)18/h5-7,14H,2-4,8-10H2,1H3/t14-/m0/s1. The van der Waals surface area contributed by atoms with Crippen molar-refractivity contribution < 1.29 is 9.59 Å². The Hall–Kier alpha value is -1.64. The lowest BCUT2D eigenvalue weighted by molar-refractivity contribution is -0.123. The van der Waals surface area contributed by atoms with Crippen LogP contribution < -0.4 is 0 Å². The number of nitrogens with zero attached hydrogens (tertiary/aromatic N) is 1. The van der Waals surface area contributed by atoms with Gasteiger partial charge in [-0.2, -0.15) is 0 Å². The fourth-order valence-corrected chi connectivity index (χ4v) is 3.23. The first kappa shape index (κ1) is 12.4. The Morgan fingerprint density at radius 3 is 2.79 bits per heavy atom. The number of aryl methyl sites for hydroxylation is 1. The molecule has 1 aliphatic carbocycles. The molecule has 0 bridgehead atoms. The predicted molar refractivity (Wildman–Crippen MR) is 72.9 cm³/mol. The zero-order chi connectivity index (χ0) is 13.4. The quantitative estimate of drug-likeness (QED) is 0.725. The lowest BCUT2D eigenvalue weighted by atomic mass is 10.1. The molecule has 0 saturated heterocycles. The van der Waals surface area contributed by atoms with Crippen LogP contribution in [0.25, 0.3) is 0 Å². The lowest BCUT2D eigenvalue weighted by Gasteiger charge is -2.25. The summed E-state index contributed by atoms with van der Waals surface area (Å²) in [6.45, 7) is 2.64. The molecule has 1 fully saturated rings. The molecule has 1 heterocycles. The number of hydrogen-bond donors (Lipinski definition) is 0. The van der Waals surface area contributed by atoms with E-state index in [-0.39, 0.29) is 17.7 Å².